The monoisotopic (exact) mass is 424 g/mol. The van der Waals surface area contributed by atoms with E-state index in [4.69, 9.17) is 21.4 Å². The van der Waals surface area contributed by atoms with Gasteiger partial charge in [-0.15, -0.1) is 11.8 Å². The topological polar surface area (TPSA) is 46.5 Å². The average molecular weight is 425 g/mol. The lowest BCUT2D eigenvalue weighted by Gasteiger charge is -2.10. The summed E-state index contributed by atoms with van der Waals surface area (Å²) < 4.78 is 5.17. The van der Waals surface area contributed by atoms with Crippen molar-refractivity contribution in [2.45, 2.75) is 11.8 Å². The Labute approximate surface area is 180 Å². The first-order valence-electron chi connectivity index (χ1n) is 9.12. The van der Waals surface area contributed by atoms with E-state index >= 15 is 0 Å². The van der Waals surface area contributed by atoms with E-state index in [1.807, 2.05) is 24.3 Å². The second-order valence-electron chi connectivity index (χ2n) is 6.44. The predicted octanol–water partition coefficient (Wildman–Crippen LogP) is 6.34. The molecule has 3 rings (SSSR count). The maximum atomic E-state index is 10.6. The summed E-state index contributed by atoms with van der Waals surface area (Å²) in [6.07, 6.45) is 2.20. The molecule has 0 spiro atoms. The van der Waals surface area contributed by atoms with E-state index in [0.717, 1.165) is 10.6 Å². The fraction of sp³-hybridized carbons (Fsp3) is 0.125. The third-order valence-electron chi connectivity index (χ3n) is 4.24. The predicted molar refractivity (Wildman–Crippen MR) is 120 cm³/mol. The lowest BCUT2D eigenvalue weighted by atomic mass is 9.97. The number of hydrogen-bond donors (Lipinski definition) is 1. The summed E-state index contributed by atoms with van der Waals surface area (Å²) in [6, 6.07) is 24.1. The molecular formula is C24H21ClO3S. The molecule has 1 N–H and O–H groups in total. The first-order valence-corrected chi connectivity index (χ1v) is 10.5. The molecule has 29 heavy (non-hydrogen) atoms. The highest BCUT2D eigenvalue weighted by molar-refractivity contribution is 7.99. The van der Waals surface area contributed by atoms with E-state index in [9.17, 15) is 4.79 Å². The van der Waals surface area contributed by atoms with Crippen LogP contribution in [0.4, 0.5) is 0 Å². The van der Waals surface area contributed by atoms with Gasteiger partial charge in [0, 0.05) is 10.6 Å². The number of rotatable bonds is 8. The molecule has 0 amide bonds. The van der Waals surface area contributed by atoms with Crippen molar-refractivity contribution in [3.8, 4) is 5.75 Å². The normalized spacial score (nSPS) is 11.3. The summed E-state index contributed by atoms with van der Waals surface area (Å²) in [5, 5.41) is 9.25. The molecule has 0 atom stereocenters. The summed E-state index contributed by atoms with van der Waals surface area (Å²) in [6.45, 7) is 1.69. The summed E-state index contributed by atoms with van der Waals surface area (Å²) in [5.41, 5.74) is 4.74. The van der Waals surface area contributed by atoms with Crippen molar-refractivity contribution in [3.05, 3.63) is 101 Å². The maximum Gasteiger partial charge on any atom is 0.341 e. The number of halogens is 1. The third-order valence-corrected chi connectivity index (χ3v) is 5.66. The smallest absolute Gasteiger partial charge is 0.341 e. The van der Waals surface area contributed by atoms with Crippen LogP contribution < -0.4 is 4.74 Å². The molecular weight excluding hydrogens is 404 g/mol. The number of hydrogen-bond acceptors (Lipinski definition) is 3. The average Bonchev–Trinajstić information content (AvgIpc) is 2.72. The molecule has 0 fully saturated rings. The van der Waals surface area contributed by atoms with E-state index in [-0.39, 0.29) is 6.61 Å². The minimum absolute atomic E-state index is 0.386. The Morgan fingerprint density at radius 3 is 2.38 bits per heavy atom. The van der Waals surface area contributed by atoms with Gasteiger partial charge < -0.3 is 9.84 Å². The molecule has 0 aromatic heterocycles. The number of carboxylic acid groups (broad SMARTS) is 1. The minimum atomic E-state index is -1.02. The van der Waals surface area contributed by atoms with Crippen LogP contribution in [0.5, 0.6) is 5.75 Å². The van der Waals surface area contributed by atoms with Crippen molar-refractivity contribution >= 4 is 34.9 Å². The van der Waals surface area contributed by atoms with Gasteiger partial charge in [0.05, 0.1) is 5.02 Å². The molecule has 0 saturated carbocycles. The second-order valence-corrected chi connectivity index (χ2v) is 7.90. The fourth-order valence-corrected chi connectivity index (χ4v) is 3.93. The van der Waals surface area contributed by atoms with Crippen LogP contribution in [0.15, 0.2) is 83.8 Å². The SMILES string of the molecule is Cc1ccc(/C(=C\CSc2ccc(OCC(=O)O)cc2Cl)c2ccccc2)cc1. The van der Waals surface area contributed by atoms with E-state index < -0.39 is 5.97 Å². The van der Waals surface area contributed by atoms with Gasteiger partial charge in [0.15, 0.2) is 6.61 Å². The van der Waals surface area contributed by atoms with Gasteiger partial charge in [-0.05, 0) is 41.8 Å². The molecule has 0 radical (unpaired) electrons. The molecule has 0 bridgehead atoms. The summed E-state index contributed by atoms with van der Waals surface area (Å²) in [7, 11) is 0. The number of benzene rings is 3. The van der Waals surface area contributed by atoms with E-state index in [1.54, 1.807) is 23.9 Å². The van der Waals surface area contributed by atoms with Gasteiger partial charge in [0.2, 0.25) is 0 Å². The van der Waals surface area contributed by atoms with Crippen LogP contribution in [0.2, 0.25) is 5.02 Å². The van der Waals surface area contributed by atoms with Crippen molar-refractivity contribution in [2.24, 2.45) is 0 Å². The molecule has 0 unspecified atom stereocenters. The minimum Gasteiger partial charge on any atom is -0.482 e. The van der Waals surface area contributed by atoms with Crippen molar-refractivity contribution in [2.75, 3.05) is 12.4 Å². The van der Waals surface area contributed by atoms with Gasteiger partial charge in [-0.3, -0.25) is 0 Å². The molecule has 0 heterocycles. The molecule has 0 aliphatic carbocycles. The highest BCUT2D eigenvalue weighted by Crippen LogP contribution is 2.32. The number of carboxylic acids is 1. The summed E-state index contributed by atoms with van der Waals surface area (Å²) in [5.74, 6) is 0.170. The Morgan fingerprint density at radius 1 is 1.03 bits per heavy atom. The van der Waals surface area contributed by atoms with Crippen molar-refractivity contribution in [1.29, 1.82) is 0 Å². The quantitative estimate of drug-likeness (QED) is 0.429. The first kappa shape index (κ1) is 21.0. The lowest BCUT2D eigenvalue weighted by molar-refractivity contribution is -0.139. The van der Waals surface area contributed by atoms with Crippen LogP contribution in [0.25, 0.3) is 5.57 Å². The molecule has 3 aromatic carbocycles. The van der Waals surface area contributed by atoms with Crippen LogP contribution in [0, 0.1) is 6.92 Å². The van der Waals surface area contributed by atoms with Gasteiger partial charge in [0.25, 0.3) is 0 Å². The number of thioether (sulfide) groups is 1. The van der Waals surface area contributed by atoms with Gasteiger partial charge in [0.1, 0.15) is 5.75 Å². The number of aliphatic carboxylic acids is 1. The lowest BCUT2D eigenvalue weighted by Crippen LogP contribution is -2.09. The Hall–Kier alpha value is -2.69. The van der Waals surface area contributed by atoms with Crippen LogP contribution in [0.1, 0.15) is 16.7 Å². The molecule has 3 nitrogen and oxygen atoms in total. The van der Waals surface area contributed by atoms with Crippen LogP contribution in [-0.4, -0.2) is 23.4 Å². The van der Waals surface area contributed by atoms with E-state index in [2.05, 4.69) is 49.4 Å². The Kier molecular flexibility index (Phi) is 7.39. The zero-order valence-electron chi connectivity index (χ0n) is 16.0. The van der Waals surface area contributed by atoms with Crippen LogP contribution in [0.3, 0.4) is 0 Å². The summed E-state index contributed by atoms with van der Waals surface area (Å²) >= 11 is 7.96. The fourth-order valence-electron chi connectivity index (χ4n) is 2.80. The Bertz CT molecular complexity index is 998. The zero-order chi connectivity index (χ0) is 20.6. The Balaban J connectivity index is 1.76. The molecule has 0 aliphatic rings. The number of ether oxygens (including phenoxy) is 1. The van der Waals surface area contributed by atoms with Crippen LogP contribution >= 0.6 is 23.4 Å². The Morgan fingerprint density at radius 2 is 1.72 bits per heavy atom. The highest BCUT2D eigenvalue weighted by Gasteiger charge is 2.07. The van der Waals surface area contributed by atoms with Crippen molar-refractivity contribution in [1.82, 2.24) is 0 Å². The molecule has 148 valence electrons. The van der Waals surface area contributed by atoms with E-state index in [0.29, 0.717) is 10.8 Å². The largest absolute Gasteiger partial charge is 0.482 e. The second kappa shape index (κ2) is 10.2. The molecule has 0 saturated heterocycles. The molecule has 5 heteroatoms. The first-order chi connectivity index (χ1) is 14.0. The number of carbonyl (C=O) groups is 1. The van der Waals surface area contributed by atoms with Gasteiger partial charge in [-0.25, -0.2) is 4.79 Å². The standard InChI is InChI=1S/C24H21ClO3S/c1-17-7-9-19(10-8-17)21(18-5-3-2-4-6-18)13-14-29-23-12-11-20(15-22(23)25)28-16-24(26)27/h2-13,15H,14,16H2,1H3,(H,26,27)/b21-13-. The van der Waals surface area contributed by atoms with Crippen molar-refractivity contribution < 1.29 is 14.6 Å². The van der Waals surface area contributed by atoms with Crippen LogP contribution in [-0.2, 0) is 4.79 Å². The zero-order valence-corrected chi connectivity index (χ0v) is 17.5. The van der Waals surface area contributed by atoms with Gasteiger partial charge in [-0.1, -0.05) is 77.8 Å². The highest BCUT2D eigenvalue weighted by atomic mass is 35.5. The molecule has 0 aliphatic heterocycles. The molecule has 3 aromatic rings. The summed E-state index contributed by atoms with van der Waals surface area (Å²) in [4.78, 5) is 11.5. The van der Waals surface area contributed by atoms with Gasteiger partial charge >= 0.3 is 5.97 Å². The number of aryl methyl sites for hydroxylation is 1. The van der Waals surface area contributed by atoms with E-state index in [1.165, 1.54) is 22.3 Å². The van der Waals surface area contributed by atoms with Gasteiger partial charge in [-0.2, -0.15) is 0 Å². The maximum absolute atomic E-state index is 10.6. The van der Waals surface area contributed by atoms with Crippen molar-refractivity contribution in [3.63, 3.8) is 0 Å². The third kappa shape index (κ3) is 6.14.